The zero-order valence-electron chi connectivity index (χ0n) is 15.4. The number of hydrogen-bond donors (Lipinski definition) is 2. The van der Waals surface area contributed by atoms with Gasteiger partial charge in [0.05, 0.1) is 11.9 Å². The Hall–Kier alpha value is -3.21. The standard InChI is InChI=1S/C22H22FN3O/c1-15-4-3-5-16(2)21(15)26-22(27)20-11-10-19(14-25-20)24-13-12-17-6-8-18(23)9-7-17/h3-11,14,24H,12-13H2,1-2H3,(H,26,27). The first-order valence-corrected chi connectivity index (χ1v) is 8.85. The lowest BCUT2D eigenvalue weighted by molar-refractivity contribution is 0.102. The second-order valence-corrected chi connectivity index (χ2v) is 6.46. The van der Waals surface area contributed by atoms with Gasteiger partial charge in [-0.15, -0.1) is 0 Å². The second kappa shape index (κ2) is 8.45. The van der Waals surface area contributed by atoms with Crippen molar-refractivity contribution < 1.29 is 9.18 Å². The smallest absolute Gasteiger partial charge is 0.274 e. The summed E-state index contributed by atoms with van der Waals surface area (Å²) in [6.45, 7) is 4.62. The average Bonchev–Trinajstić information content (AvgIpc) is 2.67. The molecule has 1 aromatic heterocycles. The highest BCUT2D eigenvalue weighted by molar-refractivity contribution is 6.03. The zero-order valence-corrected chi connectivity index (χ0v) is 15.4. The molecule has 0 bridgehead atoms. The van der Waals surface area contributed by atoms with Gasteiger partial charge in [-0.3, -0.25) is 4.79 Å². The first-order valence-electron chi connectivity index (χ1n) is 8.85. The fourth-order valence-corrected chi connectivity index (χ4v) is 2.82. The van der Waals surface area contributed by atoms with Crippen molar-refractivity contribution in [1.82, 2.24) is 4.98 Å². The van der Waals surface area contributed by atoms with Crippen LogP contribution in [0.5, 0.6) is 0 Å². The molecule has 3 aromatic rings. The molecule has 0 aliphatic heterocycles. The van der Waals surface area contributed by atoms with Crippen molar-refractivity contribution in [2.24, 2.45) is 0 Å². The summed E-state index contributed by atoms with van der Waals surface area (Å²) in [6, 6.07) is 15.9. The van der Waals surface area contributed by atoms with E-state index < -0.39 is 0 Å². The summed E-state index contributed by atoms with van der Waals surface area (Å²) < 4.78 is 12.9. The van der Waals surface area contributed by atoms with Crippen LogP contribution in [0.25, 0.3) is 0 Å². The Bertz CT molecular complexity index is 901. The third-order valence-electron chi connectivity index (χ3n) is 4.37. The molecule has 1 amide bonds. The normalized spacial score (nSPS) is 10.5. The molecular weight excluding hydrogens is 341 g/mol. The van der Waals surface area contributed by atoms with E-state index in [9.17, 15) is 9.18 Å². The summed E-state index contributed by atoms with van der Waals surface area (Å²) in [5, 5.41) is 6.18. The Labute approximate surface area is 158 Å². The number of aromatic nitrogens is 1. The molecule has 2 N–H and O–H groups in total. The van der Waals surface area contributed by atoms with Crippen molar-refractivity contribution in [1.29, 1.82) is 0 Å². The Morgan fingerprint density at radius 3 is 2.33 bits per heavy atom. The van der Waals surface area contributed by atoms with Gasteiger partial charge < -0.3 is 10.6 Å². The number of halogens is 1. The van der Waals surface area contributed by atoms with Gasteiger partial charge in [0.15, 0.2) is 0 Å². The van der Waals surface area contributed by atoms with Gasteiger partial charge in [-0.25, -0.2) is 9.37 Å². The molecule has 4 nitrogen and oxygen atoms in total. The van der Waals surface area contributed by atoms with E-state index in [0.29, 0.717) is 12.2 Å². The number of hydrogen-bond acceptors (Lipinski definition) is 3. The Kier molecular flexibility index (Phi) is 5.81. The van der Waals surface area contributed by atoms with E-state index >= 15 is 0 Å². The number of anilines is 2. The van der Waals surface area contributed by atoms with Gasteiger partial charge in [-0.1, -0.05) is 30.3 Å². The summed E-state index contributed by atoms with van der Waals surface area (Å²) in [5.74, 6) is -0.462. The van der Waals surface area contributed by atoms with Crippen LogP contribution < -0.4 is 10.6 Å². The molecule has 27 heavy (non-hydrogen) atoms. The number of nitrogens with one attached hydrogen (secondary N) is 2. The highest BCUT2D eigenvalue weighted by Crippen LogP contribution is 2.20. The average molecular weight is 363 g/mol. The molecule has 0 fully saturated rings. The van der Waals surface area contributed by atoms with Crippen molar-refractivity contribution in [3.8, 4) is 0 Å². The summed E-state index contributed by atoms with van der Waals surface area (Å²) in [4.78, 5) is 16.7. The predicted octanol–water partition coefficient (Wildman–Crippen LogP) is 4.74. The minimum Gasteiger partial charge on any atom is -0.383 e. The predicted molar refractivity (Wildman–Crippen MR) is 107 cm³/mol. The van der Waals surface area contributed by atoms with Gasteiger partial charge in [0.1, 0.15) is 11.5 Å². The maximum atomic E-state index is 12.9. The summed E-state index contributed by atoms with van der Waals surface area (Å²) in [6.07, 6.45) is 2.42. The van der Waals surface area contributed by atoms with Crippen molar-refractivity contribution >= 4 is 17.3 Å². The van der Waals surface area contributed by atoms with Crippen LogP contribution in [0.3, 0.4) is 0 Å². The molecule has 0 aliphatic rings. The van der Waals surface area contributed by atoms with Gasteiger partial charge in [-0.2, -0.15) is 0 Å². The van der Waals surface area contributed by atoms with Crippen molar-refractivity contribution in [2.45, 2.75) is 20.3 Å². The molecule has 0 radical (unpaired) electrons. The minimum atomic E-state index is -0.231. The summed E-state index contributed by atoms with van der Waals surface area (Å²) >= 11 is 0. The SMILES string of the molecule is Cc1cccc(C)c1NC(=O)c1ccc(NCCc2ccc(F)cc2)cn1. The molecule has 0 unspecified atom stereocenters. The molecule has 0 spiro atoms. The fourth-order valence-electron chi connectivity index (χ4n) is 2.82. The first-order chi connectivity index (χ1) is 13.0. The lowest BCUT2D eigenvalue weighted by atomic mass is 10.1. The van der Waals surface area contributed by atoms with Crippen LogP contribution in [0, 0.1) is 19.7 Å². The van der Waals surface area contributed by atoms with E-state index in [1.807, 2.05) is 38.1 Å². The minimum absolute atomic E-state index is 0.231. The monoisotopic (exact) mass is 363 g/mol. The molecule has 0 aliphatic carbocycles. The van der Waals surface area contributed by atoms with E-state index in [2.05, 4.69) is 15.6 Å². The summed E-state index contributed by atoms with van der Waals surface area (Å²) in [7, 11) is 0. The highest BCUT2D eigenvalue weighted by atomic mass is 19.1. The lowest BCUT2D eigenvalue weighted by Crippen LogP contribution is -2.15. The first kappa shape index (κ1) is 18.6. The molecule has 3 rings (SSSR count). The van der Waals surface area contributed by atoms with E-state index in [1.54, 1.807) is 24.4 Å². The van der Waals surface area contributed by atoms with Crippen LogP contribution in [-0.4, -0.2) is 17.4 Å². The number of para-hydroxylation sites is 1. The largest absolute Gasteiger partial charge is 0.383 e. The number of carbonyl (C=O) groups is 1. The van der Waals surface area contributed by atoms with Gasteiger partial charge in [0.25, 0.3) is 5.91 Å². The van der Waals surface area contributed by atoms with E-state index in [4.69, 9.17) is 0 Å². The van der Waals surface area contributed by atoms with Crippen LogP contribution in [0.15, 0.2) is 60.8 Å². The number of rotatable bonds is 6. The molecule has 0 atom stereocenters. The number of aryl methyl sites for hydroxylation is 2. The third-order valence-corrected chi connectivity index (χ3v) is 4.37. The van der Waals surface area contributed by atoms with Crippen LogP contribution in [0.1, 0.15) is 27.2 Å². The Morgan fingerprint density at radius 1 is 1.00 bits per heavy atom. The van der Waals surface area contributed by atoms with E-state index in [0.717, 1.165) is 34.5 Å². The van der Waals surface area contributed by atoms with Crippen molar-refractivity contribution in [3.05, 3.63) is 89.0 Å². The van der Waals surface area contributed by atoms with Gasteiger partial charge >= 0.3 is 0 Å². The summed E-state index contributed by atoms with van der Waals surface area (Å²) in [5.41, 5.74) is 5.11. The lowest BCUT2D eigenvalue weighted by Gasteiger charge is -2.11. The molecule has 0 saturated carbocycles. The van der Waals surface area contributed by atoms with Crippen molar-refractivity contribution in [3.63, 3.8) is 0 Å². The molecular formula is C22H22FN3O. The molecule has 0 saturated heterocycles. The molecule has 5 heteroatoms. The third kappa shape index (κ3) is 4.91. The Morgan fingerprint density at radius 2 is 1.70 bits per heavy atom. The number of nitrogens with zero attached hydrogens (tertiary/aromatic N) is 1. The molecule has 1 heterocycles. The van der Waals surface area contributed by atoms with Crippen LogP contribution in [0.2, 0.25) is 0 Å². The number of pyridine rings is 1. The highest BCUT2D eigenvalue weighted by Gasteiger charge is 2.10. The zero-order chi connectivity index (χ0) is 19.2. The number of benzene rings is 2. The topological polar surface area (TPSA) is 54.0 Å². The molecule has 138 valence electrons. The number of carbonyl (C=O) groups excluding carboxylic acids is 1. The van der Waals surface area contributed by atoms with Gasteiger partial charge in [-0.05, 0) is 61.2 Å². The van der Waals surface area contributed by atoms with Gasteiger partial charge in [0, 0.05) is 12.2 Å². The van der Waals surface area contributed by atoms with Gasteiger partial charge in [0.2, 0.25) is 0 Å². The van der Waals surface area contributed by atoms with E-state index in [1.165, 1.54) is 12.1 Å². The maximum absolute atomic E-state index is 12.9. The Balaban J connectivity index is 1.56. The van der Waals surface area contributed by atoms with Crippen LogP contribution in [0.4, 0.5) is 15.8 Å². The maximum Gasteiger partial charge on any atom is 0.274 e. The second-order valence-electron chi connectivity index (χ2n) is 6.46. The van der Waals surface area contributed by atoms with E-state index in [-0.39, 0.29) is 11.7 Å². The van der Waals surface area contributed by atoms with Crippen molar-refractivity contribution in [2.75, 3.05) is 17.2 Å². The van der Waals surface area contributed by atoms with Crippen LogP contribution in [-0.2, 0) is 6.42 Å². The fraction of sp³-hybridized carbons (Fsp3) is 0.182. The molecule has 2 aromatic carbocycles. The number of amides is 1. The van der Waals surface area contributed by atoms with Crippen LogP contribution >= 0.6 is 0 Å². The quantitative estimate of drug-likeness (QED) is 0.665.